The summed E-state index contributed by atoms with van der Waals surface area (Å²) >= 11 is 8.16. The average Bonchev–Trinajstić information content (AvgIpc) is 2.41. The van der Waals surface area contributed by atoms with Crippen molar-refractivity contribution in [3.63, 3.8) is 0 Å². The first-order chi connectivity index (χ1) is 9.02. The summed E-state index contributed by atoms with van der Waals surface area (Å²) in [6.45, 7) is 3.61. The number of rotatable bonds is 2. The van der Waals surface area contributed by atoms with Gasteiger partial charge in [-0.1, -0.05) is 24.9 Å². The first kappa shape index (κ1) is 15.1. The van der Waals surface area contributed by atoms with E-state index in [0.717, 1.165) is 29.5 Å². The van der Waals surface area contributed by atoms with Crippen molar-refractivity contribution in [1.82, 2.24) is 4.90 Å². The van der Waals surface area contributed by atoms with Crippen molar-refractivity contribution >= 4 is 40.1 Å². The molecule has 104 valence electrons. The quantitative estimate of drug-likeness (QED) is 0.786. The van der Waals surface area contributed by atoms with E-state index in [0.29, 0.717) is 16.5 Å². The SMILES string of the molecule is CCC1CN(C(=O)c2cc(Cl)ccc2I)CCC1N. The van der Waals surface area contributed by atoms with Crippen LogP contribution in [0, 0.1) is 9.49 Å². The van der Waals surface area contributed by atoms with Crippen LogP contribution < -0.4 is 5.73 Å². The molecule has 2 rings (SSSR count). The highest BCUT2D eigenvalue weighted by Crippen LogP contribution is 2.24. The van der Waals surface area contributed by atoms with Gasteiger partial charge in [0.1, 0.15) is 0 Å². The van der Waals surface area contributed by atoms with Crippen molar-refractivity contribution in [2.75, 3.05) is 13.1 Å². The molecule has 19 heavy (non-hydrogen) atoms. The fourth-order valence-corrected chi connectivity index (χ4v) is 3.24. The van der Waals surface area contributed by atoms with E-state index in [2.05, 4.69) is 29.5 Å². The summed E-state index contributed by atoms with van der Waals surface area (Å²) in [6.07, 6.45) is 1.89. The molecule has 0 radical (unpaired) electrons. The van der Waals surface area contributed by atoms with Gasteiger partial charge in [0.15, 0.2) is 0 Å². The van der Waals surface area contributed by atoms with Gasteiger partial charge < -0.3 is 10.6 Å². The lowest BCUT2D eigenvalue weighted by Crippen LogP contribution is -2.49. The van der Waals surface area contributed by atoms with Crippen LogP contribution in [-0.2, 0) is 0 Å². The molecular weight excluding hydrogens is 375 g/mol. The molecule has 0 aliphatic carbocycles. The van der Waals surface area contributed by atoms with E-state index < -0.39 is 0 Å². The minimum Gasteiger partial charge on any atom is -0.338 e. The van der Waals surface area contributed by atoms with E-state index in [9.17, 15) is 4.79 Å². The highest BCUT2D eigenvalue weighted by Gasteiger charge is 2.29. The molecule has 0 aromatic heterocycles. The van der Waals surface area contributed by atoms with E-state index in [1.165, 1.54) is 0 Å². The zero-order valence-electron chi connectivity index (χ0n) is 10.9. The first-order valence-electron chi connectivity index (χ1n) is 6.52. The molecule has 2 unspecified atom stereocenters. The van der Waals surface area contributed by atoms with Gasteiger partial charge in [-0.05, 0) is 53.1 Å². The Kier molecular flexibility index (Phi) is 5.09. The van der Waals surface area contributed by atoms with Gasteiger partial charge in [0.2, 0.25) is 0 Å². The number of halogens is 2. The van der Waals surface area contributed by atoms with Crippen LogP contribution in [0.1, 0.15) is 30.1 Å². The zero-order chi connectivity index (χ0) is 14.0. The Morgan fingerprint density at radius 2 is 2.32 bits per heavy atom. The standard InChI is InChI=1S/C14H18ClIN2O/c1-2-9-8-18(6-5-13(9)17)14(19)11-7-10(15)3-4-12(11)16/h3-4,7,9,13H,2,5-6,8,17H2,1H3. The molecular formula is C14H18ClIN2O. The van der Waals surface area contributed by atoms with E-state index in [4.69, 9.17) is 17.3 Å². The Labute approximate surface area is 132 Å². The molecule has 1 aliphatic rings. The minimum absolute atomic E-state index is 0.0669. The van der Waals surface area contributed by atoms with Crippen LogP contribution in [0.4, 0.5) is 0 Å². The minimum atomic E-state index is 0.0669. The maximum Gasteiger partial charge on any atom is 0.254 e. The van der Waals surface area contributed by atoms with Crippen LogP contribution in [0.5, 0.6) is 0 Å². The molecule has 2 atom stereocenters. The number of carbonyl (C=O) groups excluding carboxylic acids is 1. The maximum atomic E-state index is 12.6. The smallest absolute Gasteiger partial charge is 0.254 e. The zero-order valence-corrected chi connectivity index (χ0v) is 13.8. The lowest BCUT2D eigenvalue weighted by molar-refractivity contribution is 0.0648. The third kappa shape index (κ3) is 3.41. The van der Waals surface area contributed by atoms with Gasteiger partial charge in [-0.2, -0.15) is 0 Å². The molecule has 0 bridgehead atoms. The number of likely N-dealkylation sites (tertiary alicyclic amines) is 1. The predicted octanol–water partition coefficient (Wildman–Crippen LogP) is 3.14. The summed E-state index contributed by atoms with van der Waals surface area (Å²) in [5.41, 5.74) is 6.78. The van der Waals surface area contributed by atoms with Crippen molar-refractivity contribution < 1.29 is 4.79 Å². The van der Waals surface area contributed by atoms with E-state index in [1.54, 1.807) is 12.1 Å². The lowest BCUT2D eigenvalue weighted by atomic mass is 9.90. The van der Waals surface area contributed by atoms with Crippen molar-refractivity contribution in [1.29, 1.82) is 0 Å². The second-order valence-electron chi connectivity index (χ2n) is 5.00. The molecule has 5 heteroatoms. The second-order valence-corrected chi connectivity index (χ2v) is 6.59. The lowest BCUT2D eigenvalue weighted by Gasteiger charge is -2.36. The highest BCUT2D eigenvalue weighted by molar-refractivity contribution is 14.1. The van der Waals surface area contributed by atoms with E-state index >= 15 is 0 Å². The summed E-state index contributed by atoms with van der Waals surface area (Å²) < 4.78 is 0.940. The van der Waals surface area contributed by atoms with Gasteiger partial charge in [-0.15, -0.1) is 0 Å². The summed E-state index contributed by atoms with van der Waals surface area (Å²) in [5, 5.41) is 0.601. The average molecular weight is 393 g/mol. The van der Waals surface area contributed by atoms with Crippen LogP contribution >= 0.6 is 34.2 Å². The Bertz CT molecular complexity index is 481. The van der Waals surface area contributed by atoms with Crippen LogP contribution in [0.25, 0.3) is 0 Å². The van der Waals surface area contributed by atoms with Crippen molar-refractivity contribution in [2.24, 2.45) is 11.7 Å². The number of carbonyl (C=O) groups is 1. The molecule has 1 aliphatic heterocycles. The number of benzene rings is 1. The summed E-state index contributed by atoms with van der Waals surface area (Å²) in [7, 11) is 0. The van der Waals surface area contributed by atoms with Gasteiger partial charge in [0, 0.05) is 27.7 Å². The number of hydrogen-bond acceptors (Lipinski definition) is 2. The Morgan fingerprint density at radius 1 is 1.58 bits per heavy atom. The number of nitrogens with two attached hydrogens (primary N) is 1. The predicted molar refractivity (Wildman–Crippen MR) is 86.4 cm³/mol. The molecule has 1 heterocycles. The fourth-order valence-electron chi connectivity index (χ4n) is 2.50. The van der Waals surface area contributed by atoms with Crippen LogP contribution in [0.3, 0.4) is 0 Å². The molecule has 0 saturated carbocycles. The number of nitrogens with zero attached hydrogens (tertiary/aromatic N) is 1. The van der Waals surface area contributed by atoms with E-state index in [1.807, 2.05) is 11.0 Å². The highest BCUT2D eigenvalue weighted by atomic mass is 127. The van der Waals surface area contributed by atoms with Gasteiger partial charge >= 0.3 is 0 Å². The van der Waals surface area contributed by atoms with Crippen molar-refractivity contribution in [3.05, 3.63) is 32.4 Å². The number of hydrogen-bond donors (Lipinski definition) is 1. The molecule has 0 spiro atoms. The number of piperidine rings is 1. The molecule has 1 aromatic rings. The Hall–Kier alpha value is -0.330. The van der Waals surface area contributed by atoms with Gasteiger partial charge in [-0.3, -0.25) is 4.79 Å². The molecule has 3 nitrogen and oxygen atoms in total. The van der Waals surface area contributed by atoms with Gasteiger partial charge in [0.05, 0.1) is 5.56 Å². The van der Waals surface area contributed by atoms with Crippen molar-refractivity contribution in [3.8, 4) is 0 Å². The maximum absolute atomic E-state index is 12.6. The largest absolute Gasteiger partial charge is 0.338 e. The van der Waals surface area contributed by atoms with Crippen LogP contribution in [0.2, 0.25) is 5.02 Å². The topological polar surface area (TPSA) is 46.3 Å². The number of amides is 1. The van der Waals surface area contributed by atoms with Crippen LogP contribution in [-0.4, -0.2) is 29.9 Å². The second kappa shape index (κ2) is 6.41. The molecule has 2 N–H and O–H groups in total. The summed E-state index contributed by atoms with van der Waals surface area (Å²) in [5.74, 6) is 0.465. The van der Waals surface area contributed by atoms with Crippen molar-refractivity contribution in [2.45, 2.75) is 25.8 Å². The van der Waals surface area contributed by atoms with Gasteiger partial charge in [-0.25, -0.2) is 0 Å². The summed E-state index contributed by atoms with van der Waals surface area (Å²) in [6, 6.07) is 5.65. The normalized spacial score (nSPS) is 23.5. The van der Waals surface area contributed by atoms with Gasteiger partial charge in [0.25, 0.3) is 5.91 Å². The van der Waals surface area contributed by atoms with Crippen LogP contribution in [0.15, 0.2) is 18.2 Å². The summed E-state index contributed by atoms with van der Waals surface area (Å²) in [4.78, 5) is 14.5. The molecule has 1 amide bonds. The Morgan fingerprint density at radius 3 is 3.00 bits per heavy atom. The third-order valence-electron chi connectivity index (χ3n) is 3.76. The molecule has 1 fully saturated rings. The first-order valence-corrected chi connectivity index (χ1v) is 7.98. The third-order valence-corrected chi connectivity index (χ3v) is 4.94. The fraction of sp³-hybridized carbons (Fsp3) is 0.500. The molecule has 1 saturated heterocycles. The monoisotopic (exact) mass is 392 g/mol. The van der Waals surface area contributed by atoms with E-state index in [-0.39, 0.29) is 11.9 Å². The Balaban J connectivity index is 2.18. The molecule has 1 aromatic carbocycles.